The molecular formula is C21H24N2O3. The maximum absolute atomic E-state index is 12.6. The third kappa shape index (κ3) is 3.87. The number of benzene rings is 2. The van der Waals surface area contributed by atoms with E-state index in [0.717, 1.165) is 29.0 Å². The van der Waals surface area contributed by atoms with Crippen molar-refractivity contribution in [3.05, 3.63) is 59.7 Å². The molecule has 0 aromatic heterocycles. The molecule has 136 valence electrons. The third-order valence-electron chi connectivity index (χ3n) is 4.57. The van der Waals surface area contributed by atoms with Crippen LogP contribution in [-0.2, 0) is 22.4 Å². The van der Waals surface area contributed by atoms with E-state index < -0.39 is 6.04 Å². The largest absolute Gasteiger partial charge is 0.494 e. The molecule has 2 amide bonds. The minimum Gasteiger partial charge on any atom is -0.494 e. The van der Waals surface area contributed by atoms with Crippen molar-refractivity contribution in [2.24, 2.45) is 0 Å². The number of carbonyl (C=O) groups excluding carboxylic acids is 2. The molecule has 2 aromatic carbocycles. The van der Waals surface area contributed by atoms with Crippen molar-refractivity contribution in [3.8, 4) is 5.75 Å². The number of fused-ring (bicyclic) bond motifs is 1. The zero-order chi connectivity index (χ0) is 18.5. The van der Waals surface area contributed by atoms with E-state index in [2.05, 4.69) is 5.32 Å². The van der Waals surface area contributed by atoms with Gasteiger partial charge >= 0.3 is 0 Å². The Hall–Kier alpha value is -2.82. The Bertz CT molecular complexity index is 786. The summed E-state index contributed by atoms with van der Waals surface area (Å²) in [5.41, 5.74) is 3.01. The molecule has 3 rings (SSSR count). The Morgan fingerprint density at radius 2 is 1.88 bits per heavy atom. The first-order valence-electron chi connectivity index (χ1n) is 8.97. The van der Waals surface area contributed by atoms with Gasteiger partial charge in [0.25, 0.3) is 0 Å². The number of carbonyl (C=O) groups is 2. The van der Waals surface area contributed by atoms with E-state index in [9.17, 15) is 9.59 Å². The Balaban J connectivity index is 1.57. The van der Waals surface area contributed by atoms with Gasteiger partial charge in [-0.05, 0) is 42.7 Å². The first-order chi connectivity index (χ1) is 12.6. The molecular weight excluding hydrogens is 328 g/mol. The second-order valence-electron chi connectivity index (χ2n) is 6.36. The number of anilines is 1. The van der Waals surface area contributed by atoms with E-state index in [1.807, 2.05) is 55.5 Å². The summed E-state index contributed by atoms with van der Waals surface area (Å²) in [6, 6.07) is 15.1. The molecule has 1 atom stereocenters. The quantitative estimate of drug-likeness (QED) is 0.870. The van der Waals surface area contributed by atoms with Crippen molar-refractivity contribution in [1.82, 2.24) is 5.32 Å². The Labute approximate surface area is 154 Å². The minimum atomic E-state index is -0.467. The molecule has 1 aliphatic heterocycles. The number of amides is 2. The van der Waals surface area contributed by atoms with Crippen LogP contribution in [0.1, 0.15) is 25.0 Å². The van der Waals surface area contributed by atoms with Crippen LogP contribution in [0.25, 0.3) is 0 Å². The van der Waals surface area contributed by atoms with Crippen LogP contribution in [0, 0.1) is 0 Å². The fourth-order valence-corrected chi connectivity index (χ4v) is 3.35. The summed E-state index contributed by atoms with van der Waals surface area (Å²) in [4.78, 5) is 26.3. The predicted molar refractivity (Wildman–Crippen MR) is 101 cm³/mol. The monoisotopic (exact) mass is 352 g/mol. The van der Waals surface area contributed by atoms with Crippen molar-refractivity contribution in [1.29, 1.82) is 0 Å². The molecule has 1 aliphatic rings. The van der Waals surface area contributed by atoms with Gasteiger partial charge in [0.2, 0.25) is 11.8 Å². The van der Waals surface area contributed by atoms with Gasteiger partial charge in [0, 0.05) is 25.6 Å². The highest BCUT2D eigenvalue weighted by atomic mass is 16.5. The zero-order valence-corrected chi connectivity index (χ0v) is 15.2. The number of hydrogen-bond donors (Lipinski definition) is 1. The molecule has 1 N–H and O–H groups in total. The lowest BCUT2D eigenvalue weighted by Crippen LogP contribution is -2.47. The molecule has 26 heavy (non-hydrogen) atoms. The van der Waals surface area contributed by atoms with Crippen molar-refractivity contribution >= 4 is 17.5 Å². The molecule has 1 heterocycles. The van der Waals surface area contributed by atoms with Crippen LogP contribution in [-0.4, -0.2) is 31.0 Å². The van der Waals surface area contributed by atoms with Crippen molar-refractivity contribution in [2.45, 2.75) is 32.7 Å². The van der Waals surface area contributed by atoms with E-state index in [1.165, 1.54) is 6.92 Å². The molecule has 0 spiro atoms. The molecule has 0 unspecified atom stereocenters. The lowest BCUT2D eigenvalue weighted by Gasteiger charge is -2.23. The van der Waals surface area contributed by atoms with Gasteiger partial charge in [-0.25, -0.2) is 0 Å². The van der Waals surface area contributed by atoms with Crippen LogP contribution in [0.5, 0.6) is 5.75 Å². The van der Waals surface area contributed by atoms with Crippen LogP contribution in [0.15, 0.2) is 48.5 Å². The predicted octanol–water partition coefficient (Wildman–Crippen LogP) is 2.72. The van der Waals surface area contributed by atoms with Gasteiger partial charge < -0.3 is 10.1 Å². The molecule has 0 saturated heterocycles. The molecule has 5 heteroatoms. The van der Waals surface area contributed by atoms with Crippen molar-refractivity contribution in [2.75, 3.05) is 18.1 Å². The fraction of sp³-hybridized carbons (Fsp3) is 0.333. The Morgan fingerprint density at radius 1 is 1.15 bits per heavy atom. The SMILES string of the molecule is CCOc1ccc(CCNC(=O)[C@@H]2Cc3ccccc3N2C(C)=O)cc1. The molecule has 0 aliphatic carbocycles. The van der Waals surface area contributed by atoms with Gasteiger partial charge in [-0.15, -0.1) is 0 Å². The lowest BCUT2D eigenvalue weighted by molar-refractivity contribution is -0.125. The fourth-order valence-electron chi connectivity index (χ4n) is 3.35. The lowest BCUT2D eigenvalue weighted by atomic mass is 10.1. The molecule has 5 nitrogen and oxygen atoms in total. The number of hydrogen-bond acceptors (Lipinski definition) is 3. The van der Waals surface area contributed by atoms with Gasteiger partial charge in [-0.3, -0.25) is 14.5 Å². The summed E-state index contributed by atoms with van der Waals surface area (Å²) >= 11 is 0. The number of rotatable bonds is 6. The van der Waals surface area contributed by atoms with Gasteiger partial charge in [0.15, 0.2) is 0 Å². The molecule has 2 aromatic rings. The summed E-state index contributed by atoms with van der Waals surface area (Å²) in [5, 5.41) is 2.97. The van der Waals surface area contributed by atoms with Gasteiger partial charge in [0.05, 0.1) is 6.61 Å². The molecule has 0 saturated carbocycles. The number of ether oxygens (including phenoxy) is 1. The van der Waals surface area contributed by atoms with E-state index in [4.69, 9.17) is 4.74 Å². The second kappa shape index (κ2) is 8.04. The zero-order valence-electron chi connectivity index (χ0n) is 15.2. The summed E-state index contributed by atoms with van der Waals surface area (Å²) in [6.07, 6.45) is 1.29. The highest BCUT2D eigenvalue weighted by Gasteiger charge is 2.36. The number of para-hydroxylation sites is 1. The Kier molecular flexibility index (Phi) is 5.56. The van der Waals surface area contributed by atoms with Gasteiger partial charge in [0.1, 0.15) is 11.8 Å². The topological polar surface area (TPSA) is 58.6 Å². The molecule has 0 radical (unpaired) electrons. The maximum Gasteiger partial charge on any atom is 0.243 e. The molecule has 0 bridgehead atoms. The normalized spacial score (nSPS) is 15.5. The van der Waals surface area contributed by atoms with E-state index >= 15 is 0 Å². The van der Waals surface area contributed by atoms with Crippen LogP contribution in [0.2, 0.25) is 0 Å². The van der Waals surface area contributed by atoms with Crippen LogP contribution in [0.3, 0.4) is 0 Å². The first-order valence-corrected chi connectivity index (χ1v) is 8.97. The maximum atomic E-state index is 12.6. The summed E-state index contributed by atoms with van der Waals surface area (Å²) in [5.74, 6) is 0.630. The van der Waals surface area contributed by atoms with Crippen molar-refractivity contribution in [3.63, 3.8) is 0 Å². The summed E-state index contributed by atoms with van der Waals surface area (Å²) in [6.45, 7) is 4.63. The average Bonchev–Trinajstić information content (AvgIpc) is 3.03. The Morgan fingerprint density at radius 3 is 2.58 bits per heavy atom. The second-order valence-corrected chi connectivity index (χ2v) is 6.36. The number of nitrogens with zero attached hydrogens (tertiary/aromatic N) is 1. The highest BCUT2D eigenvalue weighted by Crippen LogP contribution is 2.32. The van der Waals surface area contributed by atoms with Crippen LogP contribution >= 0.6 is 0 Å². The van der Waals surface area contributed by atoms with Gasteiger partial charge in [-0.2, -0.15) is 0 Å². The van der Waals surface area contributed by atoms with Crippen LogP contribution < -0.4 is 15.0 Å². The number of nitrogens with one attached hydrogen (secondary N) is 1. The first kappa shape index (κ1) is 18.0. The smallest absolute Gasteiger partial charge is 0.243 e. The van der Waals surface area contributed by atoms with E-state index in [-0.39, 0.29) is 11.8 Å². The van der Waals surface area contributed by atoms with Gasteiger partial charge in [-0.1, -0.05) is 30.3 Å². The van der Waals surface area contributed by atoms with E-state index in [1.54, 1.807) is 4.90 Å². The average molecular weight is 352 g/mol. The van der Waals surface area contributed by atoms with E-state index in [0.29, 0.717) is 19.6 Å². The highest BCUT2D eigenvalue weighted by molar-refractivity contribution is 6.02. The summed E-state index contributed by atoms with van der Waals surface area (Å²) < 4.78 is 5.43. The van der Waals surface area contributed by atoms with Crippen LogP contribution in [0.4, 0.5) is 5.69 Å². The van der Waals surface area contributed by atoms with Crippen molar-refractivity contribution < 1.29 is 14.3 Å². The third-order valence-corrected chi connectivity index (χ3v) is 4.57. The summed E-state index contributed by atoms with van der Waals surface area (Å²) in [7, 11) is 0. The standard InChI is InChI=1S/C21H24N2O3/c1-3-26-18-10-8-16(9-11-18)12-13-22-21(25)20-14-17-6-4-5-7-19(17)23(20)15(2)24/h4-11,20H,3,12-14H2,1-2H3,(H,22,25)/t20-/m0/s1. The molecule has 0 fully saturated rings. The minimum absolute atomic E-state index is 0.109.